The van der Waals surface area contributed by atoms with Crippen LogP contribution in [0.15, 0.2) is 72.8 Å². The quantitative estimate of drug-likeness (QED) is 0.383. The summed E-state index contributed by atoms with van der Waals surface area (Å²) in [4.78, 5) is 30.2. The summed E-state index contributed by atoms with van der Waals surface area (Å²) in [6.45, 7) is 4.12. The van der Waals surface area contributed by atoms with Gasteiger partial charge in [-0.3, -0.25) is 23.0 Å². The molecule has 2 atom stereocenters. The lowest BCUT2D eigenvalue weighted by Crippen LogP contribution is -2.47. The Bertz CT molecular complexity index is 1320. The average molecular weight is 540 g/mol. The van der Waals surface area contributed by atoms with Crippen molar-refractivity contribution in [2.24, 2.45) is 0 Å². The minimum absolute atomic E-state index is 0.0856. The fourth-order valence-corrected chi connectivity index (χ4v) is 7.13. The van der Waals surface area contributed by atoms with Crippen molar-refractivity contribution < 1.29 is 18.7 Å². The number of carbonyl (C=O) groups is 2. The molecule has 1 fully saturated rings. The predicted molar refractivity (Wildman–Crippen MR) is 151 cm³/mol. The smallest absolute Gasteiger partial charge is 0.258 e. The van der Waals surface area contributed by atoms with Gasteiger partial charge in [0.05, 0.1) is 17.5 Å². The Hall–Kier alpha value is -3.04. The Balaban J connectivity index is 1.47. The zero-order chi connectivity index (χ0) is 26.3. The number of carbonyl (C=O) groups excluding carboxylic acids is 2. The van der Waals surface area contributed by atoms with E-state index in [-0.39, 0.29) is 23.9 Å². The van der Waals surface area contributed by atoms with Gasteiger partial charge in [-0.1, -0.05) is 29.8 Å². The molecule has 0 radical (unpaired) electrons. The van der Waals surface area contributed by atoms with Crippen molar-refractivity contribution in [1.29, 1.82) is 0 Å². The van der Waals surface area contributed by atoms with E-state index in [0.29, 0.717) is 35.0 Å². The number of rotatable bonds is 4. The van der Waals surface area contributed by atoms with Crippen LogP contribution in [-0.4, -0.2) is 39.3 Å². The van der Waals surface area contributed by atoms with Crippen LogP contribution in [0.2, 0.25) is 5.02 Å². The summed E-state index contributed by atoms with van der Waals surface area (Å²) < 4.78 is 22.2. The second-order valence-electron chi connectivity index (χ2n) is 9.54. The van der Waals surface area contributed by atoms with Crippen molar-refractivity contribution in [2.75, 3.05) is 26.4 Å². The van der Waals surface area contributed by atoms with Crippen LogP contribution in [0.4, 0.5) is 17.1 Å². The number of para-hydroxylation sites is 1. The van der Waals surface area contributed by atoms with Crippen LogP contribution in [0.25, 0.3) is 0 Å². The third-order valence-corrected chi connectivity index (χ3v) is 9.26. The molecule has 2 aliphatic heterocycles. The molecule has 0 spiro atoms. The molecule has 194 valence electrons. The number of benzene rings is 3. The lowest BCUT2D eigenvalue weighted by molar-refractivity contribution is -0.117. The Kier molecular flexibility index (Phi) is 6.93. The van der Waals surface area contributed by atoms with E-state index in [4.69, 9.17) is 11.6 Å². The molecular weight excluding hydrogens is 510 g/mol. The van der Waals surface area contributed by atoms with E-state index in [9.17, 15) is 18.7 Å². The number of hydrogen-bond donors (Lipinski definition) is 2. The molecule has 37 heavy (non-hydrogen) atoms. The molecule has 3 aromatic rings. The molecule has 0 bridgehead atoms. The molecule has 7 nitrogen and oxygen atoms in total. The maximum Gasteiger partial charge on any atom is 0.258 e. The standard InChI is InChI=1S/C28H30ClN3O4S/c1-19-18-27(32(20(2)33)24-14-10-22(29)11-15-24)25-6-3-4-7-26(25)31(19)28(34)21-8-12-23(13-9-21)30-16-5-17-37(30,35)36/h3-4,6-15,19,27,35-36H,5,16-18H2,1-2H3/t19-,27+/m0/s1. The Morgan fingerprint density at radius 2 is 1.68 bits per heavy atom. The summed E-state index contributed by atoms with van der Waals surface area (Å²) in [5.74, 6) is 0.140. The highest BCUT2D eigenvalue weighted by Gasteiger charge is 2.38. The molecular formula is C28H30ClN3O4S. The summed E-state index contributed by atoms with van der Waals surface area (Å²) in [5.41, 5.74) is 3.64. The predicted octanol–water partition coefficient (Wildman–Crippen LogP) is 6.75. The van der Waals surface area contributed by atoms with Crippen LogP contribution in [-0.2, 0) is 4.79 Å². The summed E-state index contributed by atoms with van der Waals surface area (Å²) in [7, 11) is -2.79. The molecule has 0 aromatic heterocycles. The SMILES string of the molecule is CC(=O)N(c1ccc(Cl)cc1)[C@@H]1C[C@H](C)N(C(=O)c2ccc(N3CCCS3(O)O)cc2)c2ccccc21. The van der Waals surface area contributed by atoms with Gasteiger partial charge in [-0.2, -0.15) is 0 Å². The minimum Gasteiger partial charge on any atom is -0.305 e. The van der Waals surface area contributed by atoms with Crippen molar-refractivity contribution >= 4 is 51.3 Å². The van der Waals surface area contributed by atoms with Crippen LogP contribution in [0, 0.1) is 0 Å². The van der Waals surface area contributed by atoms with Gasteiger partial charge in [0.2, 0.25) is 5.91 Å². The Labute approximate surface area is 223 Å². The Morgan fingerprint density at radius 3 is 2.30 bits per heavy atom. The van der Waals surface area contributed by atoms with Gasteiger partial charge in [0.25, 0.3) is 5.91 Å². The number of fused-ring (bicyclic) bond motifs is 1. The van der Waals surface area contributed by atoms with Crippen LogP contribution < -0.4 is 14.1 Å². The zero-order valence-electron chi connectivity index (χ0n) is 20.8. The number of nitrogens with zero attached hydrogens (tertiary/aromatic N) is 3. The van der Waals surface area contributed by atoms with Gasteiger partial charge in [-0.15, -0.1) is 10.8 Å². The van der Waals surface area contributed by atoms with Crippen molar-refractivity contribution in [3.05, 3.63) is 88.9 Å². The van der Waals surface area contributed by atoms with Gasteiger partial charge < -0.3 is 9.80 Å². The van der Waals surface area contributed by atoms with Gasteiger partial charge >= 0.3 is 0 Å². The van der Waals surface area contributed by atoms with E-state index < -0.39 is 10.8 Å². The molecule has 3 aromatic carbocycles. The summed E-state index contributed by atoms with van der Waals surface area (Å²) in [6.07, 6.45) is 1.29. The first-order valence-electron chi connectivity index (χ1n) is 12.3. The largest absolute Gasteiger partial charge is 0.305 e. The van der Waals surface area contributed by atoms with Crippen LogP contribution >= 0.6 is 22.4 Å². The van der Waals surface area contributed by atoms with Gasteiger partial charge in [0.15, 0.2) is 0 Å². The first kappa shape index (κ1) is 25.6. The van der Waals surface area contributed by atoms with Gasteiger partial charge in [0.1, 0.15) is 0 Å². The second kappa shape index (κ2) is 10.0. The normalized spacial score (nSPS) is 21.3. The van der Waals surface area contributed by atoms with E-state index in [0.717, 1.165) is 23.4 Å². The van der Waals surface area contributed by atoms with E-state index in [2.05, 4.69) is 0 Å². The van der Waals surface area contributed by atoms with Gasteiger partial charge in [-0.25, -0.2) is 0 Å². The van der Waals surface area contributed by atoms with Crippen molar-refractivity contribution in [1.82, 2.24) is 0 Å². The van der Waals surface area contributed by atoms with E-state index in [1.165, 1.54) is 0 Å². The third kappa shape index (κ3) is 4.82. The molecule has 5 rings (SSSR count). The van der Waals surface area contributed by atoms with Gasteiger partial charge in [-0.05, 0) is 79.9 Å². The number of amides is 2. The van der Waals surface area contributed by atoms with Crippen molar-refractivity contribution in [3.8, 4) is 0 Å². The van der Waals surface area contributed by atoms with E-state index in [1.807, 2.05) is 43.3 Å². The minimum atomic E-state index is -2.79. The maximum absolute atomic E-state index is 13.8. The molecule has 2 heterocycles. The monoisotopic (exact) mass is 539 g/mol. The molecule has 2 N–H and O–H groups in total. The molecule has 2 aliphatic rings. The lowest BCUT2D eigenvalue weighted by Gasteiger charge is -2.43. The number of anilines is 3. The van der Waals surface area contributed by atoms with Crippen LogP contribution in [0.5, 0.6) is 0 Å². The topological polar surface area (TPSA) is 84.3 Å². The highest BCUT2D eigenvalue weighted by molar-refractivity contribution is 8.25. The van der Waals surface area contributed by atoms with Crippen molar-refractivity contribution in [2.45, 2.75) is 38.8 Å². The number of halogens is 1. The molecule has 0 unspecified atom stereocenters. The first-order valence-corrected chi connectivity index (χ1v) is 14.3. The second-order valence-corrected chi connectivity index (χ2v) is 12.1. The fraction of sp³-hybridized carbons (Fsp3) is 0.286. The molecule has 1 saturated heterocycles. The highest BCUT2D eigenvalue weighted by atomic mass is 35.5. The maximum atomic E-state index is 13.8. The molecule has 9 heteroatoms. The van der Waals surface area contributed by atoms with Gasteiger partial charge in [0, 0.05) is 41.5 Å². The van der Waals surface area contributed by atoms with Crippen molar-refractivity contribution in [3.63, 3.8) is 0 Å². The van der Waals surface area contributed by atoms with E-state index >= 15 is 0 Å². The third-order valence-electron chi connectivity index (χ3n) is 7.07. The lowest BCUT2D eigenvalue weighted by atomic mass is 9.89. The molecule has 2 amide bonds. The van der Waals surface area contributed by atoms with Crippen LogP contribution in [0.3, 0.4) is 0 Å². The average Bonchev–Trinajstić information content (AvgIpc) is 3.23. The number of hydrogen-bond acceptors (Lipinski definition) is 5. The summed E-state index contributed by atoms with van der Waals surface area (Å²) in [6, 6.07) is 21.5. The summed E-state index contributed by atoms with van der Waals surface area (Å²) >= 11 is 6.08. The Morgan fingerprint density at radius 1 is 1.00 bits per heavy atom. The first-order chi connectivity index (χ1) is 17.7. The highest BCUT2D eigenvalue weighted by Crippen LogP contribution is 2.51. The van der Waals surface area contributed by atoms with Crippen LogP contribution in [0.1, 0.15) is 48.7 Å². The van der Waals surface area contributed by atoms with E-state index in [1.54, 1.807) is 57.4 Å². The fourth-order valence-electron chi connectivity index (χ4n) is 5.38. The summed E-state index contributed by atoms with van der Waals surface area (Å²) in [5, 5.41) is 0.599. The molecule has 0 aliphatic carbocycles. The zero-order valence-corrected chi connectivity index (χ0v) is 22.3. The molecule has 0 saturated carbocycles.